The molecule has 2 N–H and O–H groups in total. The molecule has 1 atom stereocenters. The van der Waals surface area contributed by atoms with Crippen molar-refractivity contribution in [3.63, 3.8) is 0 Å². The van der Waals surface area contributed by atoms with Crippen molar-refractivity contribution < 1.29 is 8.81 Å². The van der Waals surface area contributed by atoms with E-state index in [1.54, 1.807) is 11.5 Å². The van der Waals surface area contributed by atoms with Gasteiger partial charge >= 0.3 is 0 Å². The summed E-state index contributed by atoms with van der Waals surface area (Å²) in [5, 5.41) is 0.609. The Morgan fingerprint density at radius 2 is 2.04 bits per heavy atom. The minimum Gasteiger partial charge on any atom is -0.440 e. The maximum Gasteiger partial charge on any atom is 0.281 e. The summed E-state index contributed by atoms with van der Waals surface area (Å²) >= 11 is 0. The van der Waals surface area contributed by atoms with E-state index in [9.17, 15) is 4.79 Å². The highest BCUT2D eigenvalue weighted by Crippen LogP contribution is 2.40. The van der Waals surface area contributed by atoms with Gasteiger partial charge in [0.2, 0.25) is 0 Å². The number of nitrogens with two attached hydrogens (primary N) is 1. The normalized spacial score (nSPS) is 20.6. The highest BCUT2D eigenvalue weighted by molar-refractivity contribution is 6.02. The standard InChI is InChI=1S/C21H25FN4O2/c1-11-24-18-19(28-11)14-8-15(22)17(25-7-6-12(10-25)21(2,3)23)9-16(14)26(20(18)27)13-4-5-13/h8-9,12-13H,4-7,10,23H2,1-3H3/t12-/m1/s1. The summed E-state index contributed by atoms with van der Waals surface area (Å²) in [6.07, 6.45) is 2.84. The number of nitrogens with zero attached hydrogens (tertiary/aromatic N) is 3. The van der Waals surface area contributed by atoms with Crippen LogP contribution in [0.5, 0.6) is 0 Å². The number of hydrogen-bond acceptors (Lipinski definition) is 5. The molecule has 1 aliphatic carbocycles. The third kappa shape index (κ3) is 2.64. The molecule has 2 aromatic heterocycles. The molecule has 28 heavy (non-hydrogen) atoms. The lowest BCUT2D eigenvalue weighted by Gasteiger charge is -2.27. The van der Waals surface area contributed by atoms with Gasteiger partial charge < -0.3 is 19.6 Å². The fourth-order valence-electron chi connectivity index (χ4n) is 4.43. The van der Waals surface area contributed by atoms with E-state index in [0.29, 0.717) is 35.0 Å². The predicted molar refractivity (Wildman–Crippen MR) is 107 cm³/mol. The minimum absolute atomic E-state index is 0.151. The van der Waals surface area contributed by atoms with Crippen molar-refractivity contribution in [3.8, 4) is 0 Å². The van der Waals surface area contributed by atoms with Gasteiger partial charge in [0.1, 0.15) is 5.82 Å². The van der Waals surface area contributed by atoms with Gasteiger partial charge in [-0.05, 0) is 51.2 Å². The monoisotopic (exact) mass is 384 g/mol. The van der Waals surface area contributed by atoms with Gasteiger partial charge in [0.05, 0.1) is 11.2 Å². The maximum absolute atomic E-state index is 15.2. The molecule has 0 amide bonds. The SMILES string of the molecule is Cc1nc2c(=O)n(C3CC3)c3cc(N4CC[C@@H](C(C)(C)N)C4)c(F)cc3c2o1. The fraction of sp³-hybridized carbons (Fsp3) is 0.524. The molecule has 0 spiro atoms. The van der Waals surface area contributed by atoms with Gasteiger partial charge in [-0.1, -0.05) is 0 Å². The molecule has 0 radical (unpaired) electrons. The third-order valence-corrected chi connectivity index (χ3v) is 6.22. The number of anilines is 1. The van der Waals surface area contributed by atoms with Crippen LogP contribution in [0.4, 0.5) is 10.1 Å². The Labute approximate surface area is 162 Å². The zero-order valence-electron chi connectivity index (χ0n) is 16.5. The molecule has 0 unspecified atom stereocenters. The quantitative estimate of drug-likeness (QED) is 0.748. The number of oxazole rings is 1. The number of rotatable bonds is 3. The molecule has 5 rings (SSSR count). The molecular weight excluding hydrogens is 359 g/mol. The van der Waals surface area contributed by atoms with Crippen LogP contribution in [0.25, 0.3) is 22.0 Å². The highest BCUT2D eigenvalue weighted by atomic mass is 19.1. The predicted octanol–water partition coefficient (Wildman–Crippen LogP) is 3.49. The smallest absolute Gasteiger partial charge is 0.281 e. The second-order valence-electron chi connectivity index (χ2n) is 8.89. The molecule has 2 aliphatic rings. The van der Waals surface area contributed by atoms with Crippen molar-refractivity contribution in [3.05, 3.63) is 34.2 Å². The van der Waals surface area contributed by atoms with E-state index in [1.165, 1.54) is 6.07 Å². The van der Waals surface area contributed by atoms with E-state index < -0.39 is 0 Å². The van der Waals surface area contributed by atoms with Gasteiger partial charge in [-0.15, -0.1) is 0 Å². The Kier molecular flexibility index (Phi) is 3.66. The van der Waals surface area contributed by atoms with Gasteiger partial charge in [0.25, 0.3) is 5.56 Å². The average molecular weight is 384 g/mol. The van der Waals surface area contributed by atoms with E-state index in [4.69, 9.17) is 10.2 Å². The van der Waals surface area contributed by atoms with Crippen LogP contribution in [-0.4, -0.2) is 28.2 Å². The van der Waals surface area contributed by atoms with Gasteiger partial charge in [-0.2, -0.15) is 0 Å². The third-order valence-electron chi connectivity index (χ3n) is 6.22. The summed E-state index contributed by atoms with van der Waals surface area (Å²) in [7, 11) is 0. The lowest BCUT2D eigenvalue weighted by atomic mass is 9.88. The first-order valence-corrected chi connectivity index (χ1v) is 9.93. The zero-order valence-corrected chi connectivity index (χ0v) is 16.5. The maximum atomic E-state index is 15.2. The molecule has 6 nitrogen and oxygen atoms in total. The van der Waals surface area contributed by atoms with E-state index in [-0.39, 0.29) is 28.5 Å². The second kappa shape index (κ2) is 5.80. The number of pyridine rings is 1. The fourth-order valence-corrected chi connectivity index (χ4v) is 4.43. The second-order valence-corrected chi connectivity index (χ2v) is 8.89. The van der Waals surface area contributed by atoms with Crippen LogP contribution < -0.4 is 16.2 Å². The molecule has 2 fully saturated rings. The average Bonchev–Trinajstić information content (AvgIpc) is 3.16. The van der Waals surface area contributed by atoms with Crippen molar-refractivity contribution in [2.75, 3.05) is 18.0 Å². The summed E-state index contributed by atoms with van der Waals surface area (Å²) in [6.45, 7) is 7.21. The minimum atomic E-state index is -0.306. The zero-order chi connectivity index (χ0) is 19.8. The Hall–Kier alpha value is -2.41. The number of benzene rings is 1. The van der Waals surface area contributed by atoms with Crippen molar-refractivity contribution in [2.24, 2.45) is 11.7 Å². The Bertz CT molecular complexity index is 1150. The largest absolute Gasteiger partial charge is 0.440 e. The van der Waals surface area contributed by atoms with Crippen molar-refractivity contribution in [1.29, 1.82) is 0 Å². The number of aryl methyl sites for hydroxylation is 1. The first kappa shape index (κ1) is 17.7. The number of hydrogen-bond donors (Lipinski definition) is 1. The molecule has 148 valence electrons. The lowest BCUT2D eigenvalue weighted by Crippen LogP contribution is -2.42. The van der Waals surface area contributed by atoms with Crippen LogP contribution in [0.3, 0.4) is 0 Å². The Morgan fingerprint density at radius 1 is 1.29 bits per heavy atom. The molecule has 1 aliphatic heterocycles. The van der Waals surface area contributed by atoms with Crippen molar-refractivity contribution >= 4 is 27.7 Å². The number of aromatic nitrogens is 2. The molecular formula is C21H25FN4O2. The Balaban J connectivity index is 1.71. The van der Waals surface area contributed by atoms with Gasteiger partial charge in [-0.25, -0.2) is 9.37 Å². The van der Waals surface area contributed by atoms with Crippen LogP contribution in [0.2, 0.25) is 0 Å². The summed E-state index contributed by atoms with van der Waals surface area (Å²) in [4.78, 5) is 19.4. The summed E-state index contributed by atoms with van der Waals surface area (Å²) in [6, 6.07) is 3.47. The van der Waals surface area contributed by atoms with Crippen LogP contribution in [0.15, 0.2) is 21.3 Å². The number of halogens is 1. The number of fused-ring (bicyclic) bond motifs is 3. The van der Waals surface area contributed by atoms with Crippen molar-refractivity contribution in [1.82, 2.24) is 9.55 Å². The molecule has 1 saturated carbocycles. The first-order chi connectivity index (χ1) is 13.2. The summed E-state index contributed by atoms with van der Waals surface area (Å²) < 4.78 is 22.6. The Morgan fingerprint density at radius 3 is 2.68 bits per heavy atom. The topological polar surface area (TPSA) is 77.3 Å². The van der Waals surface area contributed by atoms with Gasteiger partial charge in [0, 0.05) is 37.0 Å². The van der Waals surface area contributed by atoms with E-state index in [0.717, 1.165) is 31.3 Å². The van der Waals surface area contributed by atoms with Gasteiger partial charge in [0.15, 0.2) is 17.0 Å². The van der Waals surface area contributed by atoms with Crippen LogP contribution in [0.1, 0.15) is 45.0 Å². The molecule has 3 heterocycles. The highest BCUT2D eigenvalue weighted by Gasteiger charge is 2.34. The van der Waals surface area contributed by atoms with E-state index in [2.05, 4.69) is 4.98 Å². The van der Waals surface area contributed by atoms with Crippen molar-refractivity contribution in [2.45, 2.75) is 51.6 Å². The van der Waals surface area contributed by atoms with Gasteiger partial charge in [-0.3, -0.25) is 4.79 Å². The van der Waals surface area contributed by atoms with Crippen LogP contribution in [0, 0.1) is 18.7 Å². The molecule has 0 bridgehead atoms. The van der Waals surface area contributed by atoms with Crippen LogP contribution in [-0.2, 0) is 0 Å². The first-order valence-electron chi connectivity index (χ1n) is 9.93. The van der Waals surface area contributed by atoms with E-state index >= 15 is 4.39 Å². The van der Waals surface area contributed by atoms with E-state index in [1.807, 2.05) is 24.8 Å². The lowest BCUT2D eigenvalue weighted by molar-refractivity contribution is 0.348. The molecule has 7 heteroatoms. The molecule has 1 aromatic carbocycles. The molecule has 3 aromatic rings. The van der Waals surface area contributed by atoms with Crippen LogP contribution >= 0.6 is 0 Å². The summed E-state index contributed by atoms with van der Waals surface area (Å²) in [5.41, 5.74) is 7.75. The molecule has 1 saturated heterocycles. The summed E-state index contributed by atoms with van der Waals surface area (Å²) in [5.74, 6) is 0.408.